The highest BCUT2D eigenvalue weighted by atomic mass is 16.2. The first kappa shape index (κ1) is 20.8. The zero-order chi connectivity index (χ0) is 21.5. The van der Waals surface area contributed by atoms with E-state index in [1.54, 1.807) is 54.6 Å². The lowest BCUT2D eigenvalue weighted by Gasteiger charge is -2.12. The molecule has 0 unspecified atom stereocenters. The minimum atomic E-state index is -0.483. The van der Waals surface area contributed by atoms with Crippen LogP contribution >= 0.6 is 0 Å². The van der Waals surface area contributed by atoms with Gasteiger partial charge in [0.15, 0.2) is 0 Å². The van der Waals surface area contributed by atoms with E-state index in [1.165, 1.54) is 0 Å². The molecule has 0 bridgehead atoms. The quantitative estimate of drug-likeness (QED) is 0.567. The second-order valence-electron chi connectivity index (χ2n) is 6.81. The van der Waals surface area contributed by atoms with Gasteiger partial charge in [0.25, 0.3) is 17.7 Å². The van der Waals surface area contributed by atoms with Gasteiger partial charge in [-0.2, -0.15) is 0 Å². The second kappa shape index (κ2) is 9.52. The number of rotatable bonds is 5. The van der Waals surface area contributed by atoms with Crippen molar-refractivity contribution in [1.82, 2.24) is 10.9 Å². The van der Waals surface area contributed by atoms with E-state index in [9.17, 15) is 14.4 Å². The second-order valence-corrected chi connectivity index (χ2v) is 6.81. The van der Waals surface area contributed by atoms with Gasteiger partial charge in [0.2, 0.25) is 0 Å². The predicted octanol–water partition coefficient (Wildman–Crippen LogP) is 3.88. The SMILES string of the molecule is CCc1ccc(C(=O)NNC(=O)c2ccc(C)c(NC(=O)c3ccccc3)c2)cc1. The molecule has 6 nitrogen and oxygen atoms in total. The Morgan fingerprint density at radius 3 is 1.90 bits per heavy atom. The van der Waals surface area contributed by atoms with Crippen LogP contribution in [0, 0.1) is 6.92 Å². The van der Waals surface area contributed by atoms with Gasteiger partial charge in [0.1, 0.15) is 0 Å². The van der Waals surface area contributed by atoms with Gasteiger partial charge in [-0.25, -0.2) is 0 Å². The number of anilines is 1. The number of hydrazine groups is 1. The summed E-state index contributed by atoms with van der Waals surface area (Å²) in [5.41, 5.74) is 8.57. The third-order valence-corrected chi connectivity index (χ3v) is 4.70. The molecule has 0 spiro atoms. The molecule has 3 rings (SSSR count). The number of benzene rings is 3. The fourth-order valence-electron chi connectivity index (χ4n) is 2.83. The third-order valence-electron chi connectivity index (χ3n) is 4.70. The summed E-state index contributed by atoms with van der Waals surface area (Å²) in [6.07, 6.45) is 0.884. The van der Waals surface area contributed by atoms with Crippen molar-refractivity contribution in [2.24, 2.45) is 0 Å². The normalized spacial score (nSPS) is 10.2. The lowest BCUT2D eigenvalue weighted by atomic mass is 10.1. The summed E-state index contributed by atoms with van der Waals surface area (Å²) in [5.74, 6) is -1.15. The van der Waals surface area contributed by atoms with Gasteiger partial charge in [-0.1, -0.05) is 43.3 Å². The molecule has 0 saturated heterocycles. The van der Waals surface area contributed by atoms with Crippen LogP contribution in [0.1, 0.15) is 49.1 Å². The molecule has 30 heavy (non-hydrogen) atoms. The number of carbonyl (C=O) groups excluding carboxylic acids is 3. The predicted molar refractivity (Wildman–Crippen MR) is 116 cm³/mol. The minimum Gasteiger partial charge on any atom is -0.322 e. The lowest BCUT2D eigenvalue weighted by molar-refractivity contribution is 0.0846. The summed E-state index contributed by atoms with van der Waals surface area (Å²) in [4.78, 5) is 37.1. The molecular formula is C24H23N3O3. The first-order chi connectivity index (χ1) is 14.5. The molecule has 0 heterocycles. The van der Waals surface area contributed by atoms with Crippen molar-refractivity contribution in [1.29, 1.82) is 0 Å². The summed E-state index contributed by atoms with van der Waals surface area (Å²) in [6.45, 7) is 3.87. The number of carbonyl (C=O) groups is 3. The number of hydrogen-bond acceptors (Lipinski definition) is 3. The highest BCUT2D eigenvalue weighted by Gasteiger charge is 2.13. The van der Waals surface area contributed by atoms with Gasteiger partial charge in [-0.15, -0.1) is 0 Å². The molecule has 3 N–H and O–H groups in total. The summed E-state index contributed by atoms with van der Waals surface area (Å²) in [5, 5.41) is 2.82. The van der Waals surface area contributed by atoms with E-state index in [4.69, 9.17) is 0 Å². The number of nitrogens with one attached hydrogen (secondary N) is 3. The van der Waals surface area contributed by atoms with Crippen molar-refractivity contribution in [2.45, 2.75) is 20.3 Å². The minimum absolute atomic E-state index is 0.264. The Bertz CT molecular complexity index is 1060. The molecule has 0 aliphatic rings. The highest BCUT2D eigenvalue weighted by molar-refractivity contribution is 6.05. The molecule has 0 aromatic heterocycles. The van der Waals surface area contributed by atoms with Gasteiger partial charge in [0.05, 0.1) is 0 Å². The molecule has 3 aromatic carbocycles. The van der Waals surface area contributed by atoms with Crippen molar-refractivity contribution in [3.05, 3.63) is 101 Å². The van der Waals surface area contributed by atoms with E-state index in [0.29, 0.717) is 22.4 Å². The molecule has 0 aliphatic carbocycles. The van der Waals surface area contributed by atoms with E-state index in [2.05, 4.69) is 16.2 Å². The maximum absolute atomic E-state index is 12.5. The van der Waals surface area contributed by atoms with Crippen LogP contribution < -0.4 is 16.2 Å². The molecule has 3 aromatic rings. The Morgan fingerprint density at radius 2 is 1.27 bits per heavy atom. The zero-order valence-electron chi connectivity index (χ0n) is 16.9. The molecule has 0 aliphatic heterocycles. The summed E-state index contributed by atoms with van der Waals surface area (Å²) >= 11 is 0. The Balaban J connectivity index is 1.65. The van der Waals surface area contributed by atoms with Crippen LogP contribution in [0.3, 0.4) is 0 Å². The lowest BCUT2D eigenvalue weighted by Crippen LogP contribution is -2.41. The van der Waals surface area contributed by atoms with Gasteiger partial charge in [-0.3, -0.25) is 25.2 Å². The molecule has 152 valence electrons. The van der Waals surface area contributed by atoms with Gasteiger partial charge in [0, 0.05) is 22.4 Å². The molecule has 0 radical (unpaired) electrons. The molecule has 0 saturated carbocycles. The van der Waals surface area contributed by atoms with Crippen molar-refractivity contribution in [3.8, 4) is 0 Å². The molecule has 6 heteroatoms. The summed E-state index contributed by atoms with van der Waals surface area (Å²) in [6, 6.07) is 20.9. The summed E-state index contributed by atoms with van der Waals surface area (Å²) in [7, 11) is 0. The fraction of sp³-hybridized carbons (Fsp3) is 0.125. The average molecular weight is 401 g/mol. The number of amides is 3. The van der Waals surface area contributed by atoms with Gasteiger partial charge >= 0.3 is 0 Å². The van der Waals surface area contributed by atoms with Crippen molar-refractivity contribution < 1.29 is 14.4 Å². The topological polar surface area (TPSA) is 87.3 Å². The monoisotopic (exact) mass is 401 g/mol. The van der Waals surface area contributed by atoms with Crippen LogP contribution in [0.4, 0.5) is 5.69 Å². The molecule has 3 amide bonds. The van der Waals surface area contributed by atoms with Crippen LogP contribution in [0.15, 0.2) is 72.8 Å². The Labute approximate surface area is 175 Å². The smallest absolute Gasteiger partial charge is 0.269 e. The van der Waals surface area contributed by atoms with Crippen LogP contribution in [0.5, 0.6) is 0 Å². The van der Waals surface area contributed by atoms with Crippen molar-refractivity contribution in [2.75, 3.05) is 5.32 Å². The van der Waals surface area contributed by atoms with Crippen LogP contribution in [0.2, 0.25) is 0 Å². The van der Waals surface area contributed by atoms with Crippen molar-refractivity contribution in [3.63, 3.8) is 0 Å². The van der Waals surface area contributed by atoms with Gasteiger partial charge in [-0.05, 0) is 60.9 Å². The Kier molecular flexibility index (Phi) is 6.60. The Hall–Kier alpha value is -3.93. The molecule has 0 atom stereocenters. The van der Waals surface area contributed by atoms with E-state index in [0.717, 1.165) is 17.5 Å². The number of aryl methyl sites for hydroxylation is 2. The standard InChI is InChI=1S/C24H23N3O3/c1-3-17-10-13-19(14-11-17)23(29)26-27-24(30)20-12-9-16(2)21(15-20)25-22(28)18-7-5-4-6-8-18/h4-15H,3H2,1-2H3,(H,25,28)(H,26,29)(H,27,30). The highest BCUT2D eigenvalue weighted by Crippen LogP contribution is 2.18. The largest absolute Gasteiger partial charge is 0.322 e. The third kappa shape index (κ3) is 5.11. The first-order valence-electron chi connectivity index (χ1n) is 9.64. The van der Waals surface area contributed by atoms with E-state index in [1.807, 2.05) is 32.0 Å². The maximum atomic E-state index is 12.5. The van der Waals surface area contributed by atoms with Crippen molar-refractivity contribution >= 4 is 23.4 Å². The van der Waals surface area contributed by atoms with Crippen LogP contribution in [-0.4, -0.2) is 17.7 Å². The fourth-order valence-corrected chi connectivity index (χ4v) is 2.83. The maximum Gasteiger partial charge on any atom is 0.269 e. The zero-order valence-corrected chi connectivity index (χ0v) is 16.9. The van der Waals surface area contributed by atoms with E-state index in [-0.39, 0.29) is 5.91 Å². The van der Waals surface area contributed by atoms with Gasteiger partial charge < -0.3 is 5.32 Å². The molecular weight excluding hydrogens is 378 g/mol. The van der Waals surface area contributed by atoms with E-state index < -0.39 is 11.8 Å². The van der Waals surface area contributed by atoms with Crippen LogP contribution in [-0.2, 0) is 6.42 Å². The average Bonchev–Trinajstić information content (AvgIpc) is 2.79. The number of hydrogen-bond donors (Lipinski definition) is 3. The molecule has 0 fully saturated rings. The van der Waals surface area contributed by atoms with E-state index >= 15 is 0 Å². The Morgan fingerprint density at radius 1 is 0.700 bits per heavy atom. The summed E-state index contributed by atoms with van der Waals surface area (Å²) < 4.78 is 0. The van der Waals surface area contributed by atoms with Crippen LogP contribution in [0.25, 0.3) is 0 Å². The first-order valence-corrected chi connectivity index (χ1v) is 9.64.